The highest BCUT2D eigenvalue weighted by atomic mass is 15.2. The number of nitrogens with zero attached hydrogens (tertiary/aromatic N) is 2. The average Bonchev–Trinajstić information content (AvgIpc) is 2.66. The summed E-state index contributed by atoms with van der Waals surface area (Å²) >= 11 is 0. The largest absolute Gasteiger partial charge is 0.366 e. The summed E-state index contributed by atoms with van der Waals surface area (Å²) in [4.78, 5) is 5.37. The van der Waals surface area contributed by atoms with Gasteiger partial charge < -0.3 is 4.90 Å². The maximum atomic E-state index is 2.73. The van der Waals surface area contributed by atoms with Crippen LogP contribution in [0.5, 0.6) is 0 Å². The summed E-state index contributed by atoms with van der Waals surface area (Å²) in [6.45, 7) is 4.77. The number of rotatable bonds is 3. The highest BCUT2D eigenvalue weighted by Crippen LogP contribution is 2.40. The maximum absolute atomic E-state index is 2.73. The third kappa shape index (κ3) is 3.21. The third-order valence-corrected chi connectivity index (χ3v) is 5.95. The van der Waals surface area contributed by atoms with Crippen molar-refractivity contribution in [1.82, 2.24) is 4.90 Å². The summed E-state index contributed by atoms with van der Waals surface area (Å²) < 4.78 is 0. The minimum atomic E-state index is 0.396. The monoisotopic (exact) mass is 320 g/mol. The van der Waals surface area contributed by atoms with E-state index in [4.69, 9.17) is 0 Å². The Bertz CT molecular complexity index is 630. The van der Waals surface area contributed by atoms with E-state index in [1.54, 1.807) is 0 Å². The molecular formula is C22H28N2. The molecule has 0 amide bonds. The van der Waals surface area contributed by atoms with Crippen molar-refractivity contribution in [2.24, 2.45) is 0 Å². The zero-order chi connectivity index (χ0) is 16.2. The second kappa shape index (κ2) is 6.98. The number of benzene rings is 2. The Morgan fingerprint density at radius 3 is 2.08 bits per heavy atom. The number of hydrogen-bond donors (Lipinski definition) is 0. The van der Waals surface area contributed by atoms with E-state index < -0.39 is 0 Å². The fourth-order valence-electron chi connectivity index (χ4n) is 4.60. The first kappa shape index (κ1) is 15.7. The zero-order valence-corrected chi connectivity index (χ0v) is 14.5. The van der Waals surface area contributed by atoms with Gasteiger partial charge in [-0.2, -0.15) is 0 Å². The van der Waals surface area contributed by atoms with Gasteiger partial charge in [0.25, 0.3) is 0 Å². The third-order valence-electron chi connectivity index (χ3n) is 5.95. The second-order valence-corrected chi connectivity index (χ2v) is 7.43. The van der Waals surface area contributed by atoms with Gasteiger partial charge in [0.15, 0.2) is 0 Å². The van der Waals surface area contributed by atoms with Gasteiger partial charge in [0, 0.05) is 37.4 Å². The number of para-hydroxylation sites is 1. The molecule has 2 aliphatic rings. The number of hydrogen-bond acceptors (Lipinski definition) is 2. The van der Waals surface area contributed by atoms with Gasteiger partial charge in [-0.05, 0) is 49.8 Å². The van der Waals surface area contributed by atoms with E-state index >= 15 is 0 Å². The highest BCUT2D eigenvalue weighted by Gasteiger charge is 2.41. The van der Waals surface area contributed by atoms with Crippen molar-refractivity contribution in [2.45, 2.75) is 44.2 Å². The van der Waals surface area contributed by atoms with Crippen molar-refractivity contribution in [2.75, 3.05) is 24.5 Å². The summed E-state index contributed by atoms with van der Waals surface area (Å²) in [6, 6.07) is 22.0. The summed E-state index contributed by atoms with van der Waals surface area (Å²) in [5, 5.41) is 0. The molecule has 0 N–H and O–H groups in total. The summed E-state index contributed by atoms with van der Waals surface area (Å²) in [6.07, 6.45) is 6.69. The van der Waals surface area contributed by atoms with E-state index in [0.29, 0.717) is 5.54 Å². The van der Waals surface area contributed by atoms with Crippen LogP contribution in [0.15, 0.2) is 60.7 Å². The second-order valence-electron chi connectivity index (χ2n) is 7.43. The SMILES string of the molecule is c1ccc(CN2CCC3(CCCCN3c3ccccc3)CC2)cc1. The minimum absolute atomic E-state index is 0.396. The van der Waals surface area contributed by atoms with Crippen LogP contribution in [0.1, 0.15) is 37.7 Å². The van der Waals surface area contributed by atoms with Gasteiger partial charge in [0.2, 0.25) is 0 Å². The lowest BCUT2D eigenvalue weighted by molar-refractivity contribution is 0.130. The Hall–Kier alpha value is -1.80. The van der Waals surface area contributed by atoms with E-state index in [2.05, 4.69) is 70.5 Å². The van der Waals surface area contributed by atoms with Gasteiger partial charge in [0.1, 0.15) is 0 Å². The Kier molecular flexibility index (Phi) is 4.57. The fraction of sp³-hybridized carbons (Fsp3) is 0.455. The van der Waals surface area contributed by atoms with E-state index in [-0.39, 0.29) is 0 Å². The molecule has 2 heteroatoms. The molecular weight excluding hydrogens is 292 g/mol. The van der Waals surface area contributed by atoms with E-state index in [1.165, 1.54) is 63.0 Å². The van der Waals surface area contributed by atoms with Gasteiger partial charge in [-0.3, -0.25) is 4.90 Å². The first-order valence-corrected chi connectivity index (χ1v) is 9.45. The van der Waals surface area contributed by atoms with E-state index in [1.807, 2.05) is 0 Å². The van der Waals surface area contributed by atoms with Crippen LogP contribution >= 0.6 is 0 Å². The molecule has 2 nitrogen and oxygen atoms in total. The quantitative estimate of drug-likeness (QED) is 0.808. The average molecular weight is 320 g/mol. The molecule has 2 fully saturated rings. The molecule has 0 saturated carbocycles. The van der Waals surface area contributed by atoms with E-state index in [0.717, 1.165) is 6.54 Å². The molecule has 24 heavy (non-hydrogen) atoms. The van der Waals surface area contributed by atoms with Crippen LogP contribution < -0.4 is 4.90 Å². The molecule has 0 aromatic heterocycles. The van der Waals surface area contributed by atoms with Crippen molar-refractivity contribution in [1.29, 1.82) is 0 Å². The van der Waals surface area contributed by atoms with Crippen LogP contribution in [-0.4, -0.2) is 30.1 Å². The Morgan fingerprint density at radius 1 is 0.708 bits per heavy atom. The molecule has 126 valence electrons. The van der Waals surface area contributed by atoms with Crippen LogP contribution in [0, 0.1) is 0 Å². The number of piperidine rings is 2. The molecule has 0 bridgehead atoms. The van der Waals surface area contributed by atoms with Crippen LogP contribution in [0.2, 0.25) is 0 Å². The molecule has 1 spiro atoms. The summed E-state index contributed by atoms with van der Waals surface area (Å²) in [7, 11) is 0. The van der Waals surface area contributed by atoms with Crippen LogP contribution in [-0.2, 0) is 6.54 Å². The molecule has 4 rings (SSSR count). The van der Waals surface area contributed by atoms with Crippen molar-refractivity contribution in [3.05, 3.63) is 66.2 Å². The molecule has 2 aliphatic heterocycles. The standard InChI is InChI=1S/C22H28N2/c1-3-9-20(10-4-1)19-23-17-14-22(15-18-23)13-7-8-16-24(22)21-11-5-2-6-12-21/h1-6,9-12H,7-8,13-19H2. The summed E-state index contributed by atoms with van der Waals surface area (Å²) in [5.74, 6) is 0. The van der Waals surface area contributed by atoms with Gasteiger partial charge in [-0.25, -0.2) is 0 Å². The summed E-state index contributed by atoms with van der Waals surface area (Å²) in [5.41, 5.74) is 3.26. The van der Waals surface area contributed by atoms with Crippen LogP contribution in [0.4, 0.5) is 5.69 Å². The van der Waals surface area contributed by atoms with Crippen molar-refractivity contribution in [3.8, 4) is 0 Å². The molecule has 0 radical (unpaired) electrons. The number of likely N-dealkylation sites (tertiary alicyclic amines) is 1. The molecule has 0 atom stereocenters. The Morgan fingerprint density at radius 2 is 1.38 bits per heavy atom. The van der Waals surface area contributed by atoms with Crippen molar-refractivity contribution < 1.29 is 0 Å². The molecule has 2 aromatic carbocycles. The van der Waals surface area contributed by atoms with Gasteiger partial charge in [-0.1, -0.05) is 48.5 Å². The minimum Gasteiger partial charge on any atom is -0.366 e. The highest BCUT2D eigenvalue weighted by molar-refractivity contribution is 5.49. The van der Waals surface area contributed by atoms with Crippen molar-refractivity contribution >= 4 is 5.69 Å². The first-order valence-electron chi connectivity index (χ1n) is 9.45. The fourth-order valence-corrected chi connectivity index (χ4v) is 4.60. The van der Waals surface area contributed by atoms with Crippen LogP contribution in [0.25, 0.3) is 0 Å². The normalized spacial score (nSPS) is 21.1. The molecule has 2 heterocycles. The van der Waals surface area contributed by atoms with E-state index in [9.17, 15) is 0 Å². The van der Waals surface area contributed by atoms with Gasteiger partial charge in [0.05, 0.1) is 0 Å². The smallest absolute Gasteiger partial charge is 0.0426 e. The lowest BCUT2D eigenvalue weighted by atomic mass is 9.78. The first-order chi connectivity index (χ1) is 11.9. The molecule has 2 saturated heterocycles. The predicted molar refractivity (Wildman–Crippen MR) is 101 cm³/mol. The zero-order valence-electron chi connectivity index (χ0n) is 14.5. The van der Waals surface area contributed by atoms with Crippen LogP contribution in [0.3, 0.4) is 0 Å². The van der Waals surface area contributed by atoms with Gasteiger partial charge >= 0.3 is 0 Å². The molecule has 2 aromatic rings. The lowest BCUT2D eigenvalue weighted by Gasteiger charge is -2.53. The Labute approximate surface area is 146 Å². The lowest BCUT2D eigenvalue weighted by Crippen LogP contribution is -2.57. The van der Waals surface area contributed by atoms with Gasteiger partial charge in [-0.15, -0.1) is 0 Å². The molecule has 0 aliphatic carbocycles. The van der Waals surface area contributed by atoms with Crippen molar-refractivity contribution in [3.63, 3.8) is 0 Å². The predicted octanol–water partition coefficient (Wildman–Crippen LogP) is 4.71. The molecule has 0 unspecified atom stereocenters. The maximum Gasteiger partial charge on any atom is 0.0426 e. The number of anilines is 1. The topological polar surface area (TPSA) is 6.48 Å². The Balaban J connectivity index is 1.46.